The summed E-state index contributed by atoms with van der Waals surface area (Å²) in [6.07, 6.45) is 1.44. The third kappa shape index (κ3) is 5.28. The minimum atomic E-state index is -0.974. The summed E-state index contributed by atoms with van der Waals surface area (Å²) < 4.78 is 18.5. The maximum absolute atomic E-state index is 13.5. The van der Waals surface area contributed by atoms with Gasteiger partial charge < -0.3 is 10.1 Å². The fraction of sp³-hybridized carbons (Fsp3) is 0.200. The minimum Gasteiger partial charge on any atom is -0.449 e. The second-order valence-electron chi connectivity index (χ2n) is 5.74. The molecule has 0 aromatic heterocycles. The number of aryl methyl sites for hydroxylation is 2. The first kappa shape index (κ1) is 18.4. The number of benzene rings is 2. The van der Waals surface area contributed by atoms with Gasteiger partial charge in [0.25, 0.3) is 5.91 Å². The van der Waals surface area contributed by atoms with E-state index in [0.717, 1.165) is 17.2 Å². The van der Waals surface area contributed by atoms with Crippen LogP contribution in [-0.2, 0) is 14.3 Å². The Morgan fingerprint density at radius 3 is 2.60 bits per heavy atom. The number of nitrogens with one attached hydrogen (secondary N) is 1. The summed E-state index contributed by atoms with van der Waals surface area (Å²) >= 11 is 0. The third-order valence-electron chi connectivity index (χ3n) is 3.62. The monoisotopic (exact) mass is 341 g/mol. The number of esters is 1. The quantitative estimate of drug-likeness (QED) is 0.660. The van der Waals surface area contributed by atoms with E-state index in [1.807, 2.05) is 32.0 Å². The molecular weight excluding hydrogens is 321 g/mol. The smallest absolute Gasteiger partial charge is 0.331 e. The van der Waals surface area contributed by atoms with Crippen molar-refractivity contribution in [1.29, 1.82) is 0 Å². The highest BCUT2D eigenvalue weighted by molar-refractivity contribution is 5.97. The van der Waals surface area contributed by atoms with Gasteiger partial charge in [0, 0.05) is 17.3 Å². The number of amides is 1. The van der Waals surface area contributed by atoms with Crippen LogP contribution in [-0.4, -0.2) is 18.0 Å². The van der Waals surface area contributed by atoms with Gasteiger partial charge in [-0.15, -0.1) is 0 Å². The van der Waals surface area contributed by atoms with Crippen molar-refractivity contribution in [3.63, 3.8) is 0 Å². The van der Waals surface area contributed by atoms with Crippen molar-refractivity contribution in [2.45, 2.75) is 26.9 Å². The van der Waals surface area contributed by atoms with Crippen molar-refractivity contribution in [3.05, 3.63) is 71.0 Å². The standard InChI is InChI=1S/C20H20FNO3/c1-13-8-9-14(2)18(12-13)22-20(24)15(3)25-19(23)11-10-16-6-4-5-7-17(16)21/h4-12,15H,1-3H3,(H,22,24)/b11-10+. The summed E-state index contributed by atoms with van der Waals surface area (Å²) in [5.41, 5.74) is 2.87. The molecule has 1 atom stereocenters. The molecule has 1 amide bonds. The number of hydrogen-bond acceptors (Lipinski definition) is 3. The molecule has 1 N–H and O–H groups in total. The van der Waals surface area contributed by atoms with E-state index in [1.54, 1.807) is 12.1 Å². The zero-order valence-corrected chi connectivity index (χ0v) is 14.4. The number of anilines is 1. The fourth-order valence-corrected chi connectivity index (χ4v) is 2.14. The van der Waals surface area contributed by atoms with Crippen LogP contribution in [0, 0.1) is 19.7 Å². The topological polar surface area (TPSA) is 55.4 Å². The van der Waals surface area contributed by atoms with Crippen LogP contribution in [0.5, 0.6) is 0 Å². The average molecular weight is 341 g/mol. The molecule has 1 unspecified atom stereocenters. The van der Waals surface area contributed by atoms with Crippen LogP contribution in [0.2, 0.25) is 0 Å². The number of carbonyl (C=O) groups is 2. The highest BCUT2D eigenvalue weighted by atomic mass is 19.1. The van der Waals surface area contributed by atoms with E-state index in [4.69, 9.17) is 4.74 Å². The van der Waals surface area contributed by atoms with Gasteiger partial charge in [-0.1, -0.05) is 30.3 Å². The summed E-state index contributed by atoms with van der Waals surface area (Å²) in [7, 11) is 0. The lowest BCUT2D eigenvalue weighted by Crippen LogP contribution is -2.29. The predicted octanol–water partition coefficient (Wildman–Crippen LogP) is 4.03. The molecule has 0 aliphatic carbocycles. The molecular formula is C20H20FNO3. The Morgan fingerprint density at radius 2 is 1.88 bits per heavy atom. The Morgan fingerprint density at radius 1 is 1.16 bits per heavy atom. The molecule has 25 heavy (non-hydrogen) atoms. The minimum absolute atomic E-state index is 0.270. The molecule has 0 bridgehead atoms. The van der Waals surface area contributed by atoms with Gasteiger partial charge in [0.05, 0.1) is 0 Å². The van der Waals surface area contributed by atoms with Gasteiger partial charge in [-0.3, -0.25) is 4.79 Å². The van der Waals surface area contributed by atoms with Crippen LogP contribution in [0.4, 0.5) is 10.1 Å². The van der Waals surface area contributed by atoms with Crippen molar-refractivity contribution in [1.82, 2.24) is 0 Å². The normalized spacial score (nSPS) is 12.0. The van der Waals surface area contributed by atoms with E-state index >= 15 is 0 Å². The van der Waals surface area contributed by atoms with Gasteiger partial charge in [0.1, 0.15) is 5.82 Å². The summed E-state index contributed by atoms with van der Waals surface area (Å²) in [4.78, 5) is 24.0. The van der Waals surface area contributed by atoms with Crippen LogP contribution in [0.25, 0.3) is 6.08 Å². The number of halogens is 1. The van der Waals surface area contributed by atoms with Gasteiger partial charge in [0.15, 0.2) is 6.10 Å². The molecule has 0 fully saturated rings. The Balaban J connectivity index is 1.95. The Bertz CT molecular complexity index is 814. The van der Waals surface area contributed by atoms with E-state index in [1.165, 1.54) is 25.1 Å². The fourth-order valence-electron chi connectivity index (χ4n) is 2.14. The number of rotatable bonds is 5. The van der Waals surface area contributed by atoms with Gasteiger partial charge in [-0.05, 0) is 50.1 Å². The van der Waals surface area contributed by atoms with Gasteiger partial charge in [0.2, 0.25) is 0 Å². The third-order valence-corrected chi connectivity index (χ3v) is 3.62. The summed E-state index contributed by atoms with van der Waals surface area (Å²) in [5.74, 6) is -1.58. The molecule has 5 heteroatoms. The van der Waals surface area contributed by atoms with E-state index in [2.05, 4.69) is 5.32 Å². The van der Waals surface area contributed by atoms with Crippen molar-refractivity contribution < 1.29 is 18.7 Å². The summed E-state index contributed by atoms with van der Waals surface area (Å²) in [6, 6.07) is 11.8. The summed E-state index contributed by atoms with van der Waals surface area (Å²) in [6.45, 7) is 5.28. The van der Waals surface area contributed by atoms with E-state index in [9.17, 15) is 14.0 Å². The lowest BCUT2D eigenvalue weighted by molar-refractivity contribution is -0.148. The molecule has 130 valence electrons. The van der Waals surface area contributed by atoms with Crippen LogP contribution in [0.15, 0.2) is 48.5 Å². The maximum atomic E-state index is 13.5. The summed E-state index contributed by atoms with van der Waals surface area (Å²) in [5, 5.41) is 2.74. The van der Waals surface area contributed by atoms with Crippen molar-refractivity contribution in [2.75, 3.05) is 5.32 Å². The second-order valence-corrected chi connectivity index (χ2v) is 5.74. The molecule has 0 saturated heterocycles. The molecule has 2 rings (SSSR count). The van der Waals surface area contributed by atoms with Gasteiger partial charge in [-0.2, -0.15) is 0 Å². The lowest BCUT2D eigenvalue weighted by atomic mass is 10.1. The molecule has 0 heterocycles. The van der Waals surface area contributed by atoms with E-state index in [0.29, 0.717) is 5.69 Å². The SMILES string of the molecule is Cc1ccc(C)c(NC(=O)C(C)OC(=O)/C=C/c2ccccc2F)c1. The maximum Gasteiger partial charge on any atom is 0.331 e. The first-order chi connectivity index (χ1) is 11.9. The predicted molar refractivity (Wildman–Crippen MR) is 95.5 cm³/mol. The first-order valence-corrected chi connectivity index (χ1v) is 7.88. The van der Waals surface area contributed by atoms with Gasteiger partial charge >= 0.3 is 5.97 Å². The first-order valence-electron chi connectivity index (χ1n) is 7.88. The number of hydrogen-bond donors (Lipinski definition) is 1. The van der Waals surface area contributed by atoms with Crippen LogP contribution < -0.4 is 5.32 Å². The Labute approximate surface area is 146 Å². The van der Waals surface area contributed by atoms with Crippen LogP contribution >= 0.6 is 0 Å². The number of ether oxygens (including phenoxy) is 1. The Hall–Kier alpha value is -2.95. The molecule has 2 aromatic carbocycles. The van der Waals surface area contributed by atoms with Gasteiger partial charge in [-0.25, -0.2) is 9.18 Å². The zero-order valence-electron chi connectivity index (χ0n) is 14.4. The molecule has 0 spiro atoms. The van der Waals surface area contributed by atoms with Crippen molar-refractivity contribution in [2.24, 2.45) is 0 Å². The number of carbonyl (C=O) groups excluding carboxylic acids is 2. The lowest BCUT2D eigenvalue weighted by Gasteiger charge is -2.14. The van der Waals surface area contributed by atoms with E-state index < -0.39 is 23.8 Å². The molecule has 0 saturated carbocycles. The molecule has 2 aromatic rings. The zero-order chi connectivity index (χ0) is 18.4. The largest absolute Gasteiger partial charge is 0.449 e. The molecule has 0 radical (unpaired) electrons. The van der Waals surface area contributed by atoms with E-state index in [-0.39, 0.29) is 5.56 Å². The van der Waals surface area contributed by atoms with Crippen LogP contribution in [0.1, 0.15) is 23.6 Å². The van der Waals surface area contributed by atoms with Crippen molar-refractivity contribution in [3.8, 4) is 0 Å². The molecule has 4 nitrogen and oxygen atoms in total. The highest BCUT2D eigenvalue weighted by Gasteiger charge is 2.17. The highest BCUT2D eigenvalue weighted by Crippen LogP contribution is 2.17. The van der Waals surface area contributed by atoms with Crippen LogP contribution in [0.3, 0.4) is 0 Å². The second kappa shape index (κ2) is 8.24. The Kier molecular flexibility index (Phi) is 6.06. The van der Waals surface area contributed by atoms with Crippen molar-refractivity contribution >= 4 is 23.6 Å². The molecule has 0 aliphatic heterocycles. The average Bonchev–Trinajstić information content (AvgIpc) is 2.57. The molecule has 0 aliphatic rings.